The van der Waals surface area contributed by atoms with E-state index in [9.17, 15) is 10.1 Å². The van der Waals surface area contributed by atoms with Crippen molar-refractivity contribution in [1.82, 2.24) is 4.90 Å². The predicted molar refractivity (Wildman–Crippen MR) is 94.9 cm³/mol. The van der Waals surface area contributed by atoms with Gasteiger partial charge in [0.25, 0.3) is 5.69 Å². The number of likely N-dealkylation sites (tertiary alicyclic amines) is 1. The maximum atomic E-state index is 11.4. The summed E-state index contributed by atoms with van der Waals surface area (Å²) in [6.45, 7) is 2.04. The molecule has 2 aromatic rings. The number of nitro groups is 1. The molecule has 3 rings (SSSR count). The van der Waals surface area contributed by atoms with E-state index in [0.29, 0.717) is 5.56 Å². The molecule has 0 aliphatic carbocycles. The lowest BCUT2D eigenvalue weighted by molar-refractivity contribution is -0.385. The SMILES string of the molecule is COc1ccc(-c2ccc(C=CN3CCCC3)c([N+](=O)[O-])c2)cc1. The number of nitro benzene ring substituents is 1. The van der Waals surface area contributed by atoms with Gasteiger partial charge in [0.1, 0.15) is 5.75 Å². The Labute approximate surface area is 141 Å². The highest BCUT2D eigenvalue weighted by Gasteiger charge is 2.14. The molecular formula is C19H20N2O3. The molecular weight excluding hydrogens is 304 g/mol. The van der Waals surface area contributed by atoms with Crippen molar-refractivity contribution in [2.75, 3.05) is 20.2 Å². The maximum Gasteiger partial charge on any atom is 0.277 e. The molecule has 1 aliphatic rings. The minimum Gasteiger partial charge on any atom is -0.497 e. The molecule has 0 atom stereocenters. The average Bonchev–Trinajstić information content (AvgIpc) is 3.13. The first-order chi connectivity index (χ1) is 11.7. The van der Waals surface area contributed by atoms with Gasteiger partial charge in [-0.15, -0.1) is 0 Å². The van der Waals surface area contributed by atoms with Gasteiger partial charge in [0.15, 0.2) is 0 Å². The Hall–Kier alpha value is -2.82. The fourth-order valence-corrected chi connectivity index (χ4v) is 2.88. The molecule has 24 heavy (non-hydrogen) atoms. The molecule has 5 nitrogen and oxygen atoms in total. The minimum atomic E-state index is -0.323. The molecule has 5 heteroatoms. The van der Waals surface area contributed by atoms with Gasteiger partial charge in [-0.25, -0.2) is 0 Å². The predicted octanol–water partition coefficient (Wildman–Crippen LogP) is 4.34. The lowest BCUT2D eigenvalue weighted by Crippen LogP contribution is -2.10. The normalized spacial score (nSPS) is 14.3. The lowest BCUT2D eigenvalue weighted by Gasteiger charge is -2.10. The van der Waals surface area contributed by atoms with Crippen molar-refractivity contribution in [3.63, 3.8) is 0 Å². The first kappa shape index (κ1) is 16.1. The van der Waals surface area contributed by atoms with Crippen LogP contribution in [0.3, 0.4) is 0 Å². The Bertz CT molecular complexity index is 748. The summed E-state index contributed by atoms with van der Waals surface area (Å²) in [4.78, 5) is 13.3. The molecule has 2 aromatic carbocycles. The van der Waals surface area contributed by atoms with Crippen LogP contribution in [-0.4, -0.2) is 30.0 Å². The highest BCUT2D eigenvalue weighted by atomic mass is 16.6. The van der Waals surface area contributed by atoms with Crippen molar-refractivity contribution in [2.24, 2.45) is 0 Å². The van der Waals surface area contributed by atoms with Gasteiger partial charge in [0.2, 0.25) is 0 Å². The lowest BCUT2D eigenvalue weighted by atomic mass is 10.0. The van der Waals surface area contributed by atoms with E-state index in [1.165, 1.54) is 12.8 Å². The Morgan fingerprint density at radius 2 is 1.75 bits per heavy atom. The topological polar surface area (TPSA) is 55.6 Å². The zero-order chi connectivity index (χ0) is 16.9. The van der Waals surface area contributed by atoms with Gasteiger partial charge in [0, 0.05) is 19.2 Å². The second-order valence-electron chi connectivity index (χ2n) is 5.82. The van der Waals surface area contributed by atoms with Crippen LogP contribution < -0.4 is 4.74 Å². The van der Waals surface area contributed by atoms with Crippen LogP contribution in [0.5, 0.6) is 5.75 Å². The Kier molecular flexibility index (Phi) is 4.79. The first-order valence-corrected chi connectivity index (χ1v) is 8.02. The molecule has 0 bridgehead atoms. The van der Waals surface area contributed by atoms with Crippen molar-refractivity contribution < 1.29 is 9.66 Å². The standard InChI is InChI=1S/C19H20N2O3/c1-24-18-8-6-15(7-9-18)17-5-4-16(19(14-17)21(22)23)10-13-20-11-2-3-12-20/h4-10,13-14H,2-3,11-12H2,1H3. The van der Waals surface area contributed by atoms with Crippen molar-refractivity contribution in [3.05, 3.63) is 64.3 Å². The van der Waals surface area contributed by atoms with Crippen molar-refractivity contribution in [1.29, 1.82) is 0 Å². The fraction of sp³-hybridized carbons (Fsp3) is 0.263. The number of benzene rings is 2. The second kappa shape index (κ2) is 7.17. The summed E-state index contributed by atoms with van der Waals surface area (Å²) in [6, 6.07) is 12.9. The monoisotopic (exact) mass is 324 g/mol. The Balaban J connectivity index is 1.89. The van der Waals surface area contributed by atoms with E-state index >= 15 is 0 Å². The molecule has 1 fully saturated rings. The molecule has 0 unspecified atom stereocenters. The van der Waals surface area contributed by atoms with Crippen LogP contribution in [0.1, 0.15) is 18.4 Å². The molecule has 1 saturated heterocycles. The van der Waals surface area contributed by atoms with E-state index in [0.717, 1.165) is 30.0 Å². The van der Waals surface area contributed by atoms with E-state index in [4.69, 9.17) is 4.74 Å². The molecule has 1 heterocycles. The third kappa shape index (κ3) is 3.56. The third-order valence-corrected chi connectivity index (χ3v) is 4.26. The van der Waals surface area contributed by atoms with Crippen LogP contribution in [0.4, 0.5) is 5.69 Å². The summed E-state index contributed by atoms with van der Waals surface area (Å²) in [7, 11) is 1.61. The summed E-state index contributed by atoms with van der Waals surface area (Å²) in [6.07, 6.45) is 6.16. The fourth-order valence-electron chi connectivity index (χ4n) is 2.88. The molecule has 0 N–H and O–H groups in total. The minimum absolute atomic E-state index is 0.124. The smallest absolute Gasteiger partial charge is 0.277 e. The van der Waals surface area contributed by atoms with Crippen LogP contribution in [0.25, 0.3) is 17.2 Å². The van der Waals surface area contributed by atoms with Gasteiger partial charge in [-0.1, -0.05) is 18.2 Å². The van der Waals surface area contributed by atoms with E-state index in [1.54, 1.807) is 13.2 Å². The van der Waals surface area contributed by atoms with Crippen LogP contribution in [0, 0.1) is 10.1 Å². The van der Waals surface area contributed by atoms with Crippen molar-refractivity contribution in [2.45, 2.75) is 12.8 Å². The summed E-state index contributed by atoms with van der Waals surface area (Å²) in [5, 5.41) is 11.4. The maximum absolute atomic E-state index is 11.4. The summed E-state index contributed by atoms with van der Waals surface area (Å²) < 4.78 is 5.14. The molecule has 0 amide bonds. The van der Waals surface area contributed by atoms with E-state index in [2.05, 4.69) is 4.90 Å². The summed E-state index contributed by atoms with van der Waals surface area (Å²) >= 11 is 0. The highest BCUT2D eigenvalue weighted by Crippen LogP contribution is 2.29. The summed E-state index contributed by atoms with van der Waals surface area (Å²) in [5.74, 6) is 0.762. The van der Waals surface area contributed by atoms with Gasteiger partial charge in [0.05, 0.1) is 17.6 Å². The van der Waals surface area contributed by atoms with Crippen molar-refractivity contribution in [3.8, 4) is 16.9 Å². The van der Waals surface area contributed by atoms with Gasteiger partial charge in [-0.3, -0.25) is 10.1 Å². The molecule has 0 spiro atoms. The quantitative estimate of drug-likeness (QED) is 0.606. The van der Waals surface area contributed by atoms with Crippen LogP contribution >= 0.6 is 0 Å². The molecule has 0 saturated carbocycles. The first-order valence-electron chi connectivity index (χ1n) is 8.02. The number of methoxy groups -OCH3 is 1. The van der Waals surface area contributed by atoms with Gasteiger partial charge in [-0.05, 0) is 54.4 Å². The van der Waals surface area contributed by atoms with Crippen LogP contribution in [0.2, 0.25) is 0 Å². The molecule has 124 valence electrons. The van der Waals surface area contributed by atoms with Crippen LogP contribution in [0.15, 0.2) is 48.7 Å². The van der Waals surface area contributed by atoms with Crippen molar-refractivity contribution >= 4 is 11.8 Å². The third-order valence-electron chi connectivity index (χ3n) is 4.26. The molecule has 1 aliphatic heterocycles. The molecule has 0 radical (unpaired) electrons. The number of rotatable bonds is 5. The second-order valence-corrected chi connectivity index (χ2v) is 5.82. The number of nitrogens with zero attached hydrogens (tertiary/aromatic N) is 2. The highest BCUT2D eigenvalue weighted by molar-refractivity contribution is 5.72. The number of hydrogen-bond donors (Lipinski definition) is 0. The zero-order valence-corrected chi connectivity index (χ0v) is 13.6. The number of ether oxygens (including phenoxy) is 1. The Morgan fingerprint density at radius 1 is 1.08 bits per heavy atom. The van der Waals surface area contributed by atoms with Gasteiger partial charge >= 0.3 is 0 Å². The number of hydrogen-bond acceptors (Lipinski definition) is 4. The molecule has 0 aromatic heterocycles. The van der Waals surface area contributed by atoms with E-state index in [1.807, 2.05) is 48.7 Å². The average molecular weight is 324 g/mol. The largest absolute Gasteiger partial charge is 0.497 e. The summed E-state index contributed by atoms with van der Waals surface area (Å²) in [5.41, 5.74) is 2.50. The van der Waals surface area contributed by atoms with Gasteiger partial charge in [-0.2, -0.15) is 0 Å². The van der Waals surface area contributed by atoms with E-state index < -0.39 is 0 Å². The Morgan fingerprint density at radius 3 is 2.38 bits per heavy atom. The van der Waals surface area contributed by atoms with E-state index in [-0.39, 0.29) is 10.6 Å². The zero-order valence-electron chi connectivity index (χ0n) is 13.6. The van der Waals surface area contributed by atoms with Gasteiger partial charge < -0.3 is 9.64 Å². The van der Waals surface area contributed by atoms with Crippen LogP contribution in [-0.2, 0) is 0 Å².